The molecule has 0 heterocycles. The number of unbranched alkanes of at least 4 members (excludes halogenated alkanes) is 1. The van der Waals surface area contributed by atoms with Gasteiger partial charge in [0, 0.05) is 5.69 Å². The van der Waals surface area contributed by atoms with Gasteiger partial charge in [-0.15, -0.1) is 11.8 Å². The van der Waals surface area contributed by atoms with Crippen LogP contribution in [-0.4, -0.2) is 51.8 Å². The Balaban J connectivity index is 2.23. The van der Waals surface area contributed by atoms with Crippen LogP contribution in [0.15, 0.2) is 91.1 Å². The van der Waals surface area contributed by atoms with Crippen LogP contribution in [0.5, 0.6) is 5.75 Å². The van der Waals surface area contributed by atoms with Crippen LogP contribution in [0.2, 0.25) is 0 Å². The molecule has 2 amide bonds. The number of allylic oxidation sites excluding steroid dienone is 12. The quantitative estimate of drug-likeness (QED) is 0.0492. The highest BCUT2D eigenvalue weighted by Gasteiger charge is 2.34. The van der Waals surface area contributed by atoms with Crippen LogP contribution in [0.1, 0.15) is 95.3 Å². The van der Waals surface area contributed by atoms with Crippen LogP contribution >= 0.6 is 11.8 Å². The molecule has 258 valence electrons. The van der Waals surface area contributed by atoms with Crippen LogP contribution < -0.4 is 10.6 Å². The molecule has 47 heavy (non-hydrogen) atoms. The molecule has 0 aliphatic heterocycles. The summed E-state index contributed by atoms with van der Waals surface area (Å²) in [5.41, 5.74) is -0.161. The molecule has 0 saturated heterocycles. The molecule has 1 aromatic rings. The van der Waals surface area contributed by atoms with Crippen molar-refractivity contribution in [3.05, 3.63) is 96.7 Å². The van der Waals surface area contributed by atoms with E-state index < -0.39 is 22.6 Å². The number of amides is 2. The normalized spacial score (nSPS) is 12.4. The van der Waals surface area contributed by atoms with E-state index >= 15 is 0 Å². The predicted molar refractivity (Wildman–Crippen MR) is 196 cm³/mol. The van der Waals surface area contributed by atoms with Gasteiger partial charge in [0.1, 0.15) is 17.9 Å². The maximum atomic E-state index is 13.0. The van der Waals surface area contributed by atoms with Gasteiger partial charge in [-0.1, -0.05) is 93.7 Å². The Morgan fingerprint density at radius 2 is 1.34 bits per heavy atom. The summed E-state index contributed by atoms with van der Waals surface area (Å²) >= 11 is 1.67. The van der Waals surface area contributed by atoms with Gasteiger partial charge >= 0.3 is 12.1 Å². The Morgan fingerprint density at radius 3 is 1.85 bits per heavy atom. The van der Waals surface area contributed by atoms with Crippen molar-refractivity contribution < 1.29 is 29.3 Å². The first-order valence-electron chi connectivity index (χ1n) is 16.6. The number of hydrogen-bond donors (Lipinski definition) is 4. The molecular formula is C38H54N2O6S. The summed E-state index contributed by atoms with van der Waals surface area (Å²) in [5, 5.41) is 24.0. The van der Waals surface area contributed by atoms with E-state index in [1.54, 1.807) is 11.8 Å². The number of hydrogen-bond acceptors (Lipinski definition) is 6. The Morgan fingerprint density at radius 1 is 0.809 bits per heavy atom. The average molecular weight is 667 g/mol. The zero-order valence-corrected chi connectivity index (χ0v) is 29.1. The minimum absolute atomic E-state index is 0.0434. The van der Waals surface area contributed by atoms with Crippen LogP contribution in [0.4, 0.5) is 10.5 Å². The second-order valence-corrected chi connectivity index (χ2v) is 12.1. The SMILES string of the molecule is CC/C=C\C/C=C\C/C=C\C/C=C\C/C=C\C/C=C\CCCSC(CC)(CC)C(=O)NCCOC(=O)Nc1ccc(O)c(C(=O)O)c1. The fourth-order valence-corrected chi connectivity index (χ4v) is 5.67. The summed E-state index contributed by atoms with van der Waals surface area (Å²) in [4.78, 5) is 36.2. The summed E-state index contributed by atoms with van der Waals surface area (Å²) in [6.45, 7) is 6.27. The van der Waals surface area contributed by atoms with E-state index in [9.17, 15) is 19.5 Å². The highest BCUT2D eigenvalue weighted by atomic mass is 32.2. The first kappa shape index (κ1) is 41.0. The lowest BCUT2D eigenvalue weighted by molar-refractivity contribution is -0.123. The molecule has 0 fully saturated rings. The summed E-state index contributed by atoms with van der Waals surface area (Å²) < 4.78 is 4.57. The zero-order chi connectivity index (χ0) is 34.6. The van der Waals surface area contributed by atoms with Gasteiger partial charge < -0.3 is 20.3 Å². The third-order valence-corrected chi connectivity index (χ3v) is 8.95. The van der Waals surface area contributed by atoms with Crippen LogP contribution in [0.3, 0.4) is 0 Å². The van der Waals surface area contributed by atoms with Gasteiger partial charge in [0.2, 0.25) is 5.91 Å². The number of ether oxygens (including phenoxy) is 1. The molecule has 0 unspecified atom stereocenters. The second-order valence-electron chi connectivity index (χ2n) is 10.7. The highest BCUT2D eigenvalue weighted by Crippen LogP contribution is 2.33. The van der Waals surface area contributed by atoms with Crippen molar-refractivity contribution in [2.75, 3.05) is 24.2 Å². The van der Waals surface area contributed by atoms with E-state index in [1.165, 1.54) is 12.1 Å². The number of aromatic carboxylic acids is 1. The molecule has 0 bridgehead atoms. The van der Waals surface area contributed by atoms with Gasteiger partial charge in [-0.25, -0.2) is 9.59 Å². The van der Waals surface area contributed by atoms with E-state index in [0.29, 0.717) is 12.8 Å². The van der Waals surface area contributed by atoms with Crippen molar-refractivity contribution in [2.24, 2.45) is 0 Å². The number of nitrogens with one attached hydrogen (secondary N) is 2. The Labute approximate surface area is 285 Å². The van der Waals surface area contributed by atoms with Gasteiger partial charge in [-0.2, -0.15) is 0 Å². The van der Waals surface area contributed by atoms with Crippen LogP contribution in [-0.2, 0) is 9.53 Å². The average Bonchev–Trinajstić information content (AvgIpc) is 3.06. The Hall–Kier alpha value is -3.98. The maximum absolute atomic E-state index is 13.0. The minimum Gasteiger partial charge on any atom is -0.507 e. The molecule has 0 saturated carbocycles. The molecule has 0 aliphatic rings. The van der Waals surface area contributed by atoms with Gasteiger partial charge in [0.15, 0.2) is 0 Å². The standard InChI is InChI=1S/C38H54N2O6S/c1-4-7-8-9-10-11-12-13-14-15-16-17-18-19-20-21-22-23-24-25-30-47-38(5-2,6-3)36(44)39-28-29-46-37(45)40-32-26-27-34(41)33(31-32)35(42)43/h7-8,10-11,13-14,16-17,19-20,22-23,26-27,31,41H,4-6,9,12,15,18,21,24-25,28-30H2,1-3H3,(H,39,44)(H,40,45)(H,42,43)/b8-7-,11-10-,14-13-,17-16-,20-19-,23-22-. The molecule has 0 radical (unpaired) electrons. The van der Waals surface area contributed by atoms with Crippen molar-refractivity contribution in [3.63, 3.8) is 0 Å². The second kappa shape index (κ2) is 26.1. The molecule has 0 spiro atoms. The van der Waals surface area contributed by atoms with Crippen molar-refractivity contribution in [2.45, 2.75) is 89.7 Å². The van der Waals surface area contributed by atoms with Crippen molar-refractivity contribution in [1.29, 1.82) is 0 Å². The summed E-state index contributed by atoms with van der Waals surface area (Å²) in [7, 11) is 0. The lowest BCUT2D eigenvalue weighted by Gasteiger charge is -2.29. The van der Waals surface area contributed by atoms with E-state index in [-0.39, 0.29) is 30.3 Å². The smallest absolute Gasteiger partial charge is 0.411 e. The van der Waals surface area contributed by atoms with Crippen molar-refractivity contribution in [3.8, 4) is 5.75 Å². The summed E-state index contributed by atoms with van der Waals surface area (Å²) in [6, 6.07) is 3.67. The Kier molecular flexibility index (Phi) is 22.8. The number of carboxylic acids is 1. The molecule has 0 atom stereocenters. The van der Waals surface area contributed by atoms with Crippen molar-refractivity contribution in [1.82, 2.24) is 5.32 Å². The molecule has 0 aliphatic carbocycles. The first-order valence-corrected chi connectivity index (χ1v) is 17.6. The number of anilines is 1. The van der Waals surface area contributed by atoms with Gasteiger partial charge in [0.05, 0.1) is 11.3 Å². The number of carboxylic acid groups (broad SMARTS) is 1. The first-order chi connectivity index (χ1) is 22.8. The lowest BCUT2D eigenvalue weighted by atomic mass is 10.0. The molecular weight excluding hydrogens is 612 g/mol. The van der Waals surface area contributed by atoms with Crippen LogP contribution in [0.25, 0.3) is 0 Å². The molecule has 9 heteroatoms. The lowest BCUT2D eigenvalue weighted by Crippen LogP contribution is -2.45. The predicted octanol–water partition coefficient (Wildman–Crippen LogP) is 9.53. The van der Waals surface area contributed by atoms with E-state index in [0.717, 1.165) is 63.2 Å². The van der Waals surface area contributed by atoms with Crippen LogP contribution in [0, 0.1) is 0 Å². The molecule has 8 nitrogen and oxygen atoms in total. The van der Waals surface area contributed by atoms with E-state index in [2.05, 4.69) is 90.5 Å². The number of thioether (sulfide) groups is 1. The van der Waals surface area contributed by atoms with Gasteiger partial charge in [-0.3, -0.25) is 10.1 Å². The number of carbonyl (C=O) groups is 3. The fourth-order valence-electron chi connectivity index (χ4n) is 4.36. The monoisotopic (exact) mass is 666 g/mol. The number of carbonyl (C=O) groups excluding carboxylic acids is 2. The maximum Gasteiger partial charge on any atom is 0.411 e. The zero-order valence-electron chi connectivity index (χ0n) is 28.3. The largest absolute Gasteiger partial charge is 0.507 e. The summed E-state index contributed by atoms with van der Waals surface area (Å²) in [5.74, 6) is -0.925. The van der Waals surface area contributed by atoms with Gasteiger partial charge in [0.25, 0.3) is 0 Å². The van der Waals surface area contributed by atoms with Gasteiger partial charge in [-0.05, 0) is 88.2 Å². The van der Waals surface area contributed by atoms with E-state index in [4.69, 9.17) is 9.84 Å². The number of phenols is 1. The number of aromatic hydroxyl groups is 1. The third kappa shape index (κ3) is 18.7. The Bertz CT molecular complexity index is 1240. The molecule has 1 rings (SSSR count). The molecule has 1 aromatic carbocycles. The minimum atomic E-state index is -1.32. The topological polar surface area (TPSA) is 125 Å². The third-order valence-electron chi connectivity index (χ3n) is 7.14. The van der Waals surface area contributed by atoms with E-state index in [1.807, 2.05) is 13.8 Å². The highest BCUT2D eigenvalue weighted by molar-refractivity contribution is 8.01. The molecule has 4 N–H and O–H groups in total. The van der Waals surface area contributed by atoms with Crippen molar-refractivity contribution >= 4 is 35.4 Å². The number of rotatable bonds is 24. The number of benzene rings is 1. The molecule has 0 aromatic heterocycles. The summed E-state index contributed by atoms with van der Waals surface area (Å²) in [6.07, 6.45) is 34.8. The fraction of sp³-hybridized carbons (Fsp3) is 0.447.